The van der Waals surface area contributed by atoms with Crippen LogP contribution in [0.25, 0.3) is 11.0 Å². The topological polar surface area (TPSA) is 102 Å². The highest BCUT2D eigenvalue weighted by Gasteiger charge is 2.17. The van der Waals surface area contributed by atoms with Crippen LogP contribution in [0.5, 0.6) is 0 Å². The number of ketones is 1. The number of likely N-dealkylation sites (N-methyl/N-ethyl adjacent to an activating group) is 1. The van der Waals surface area contributed by atoms with Gasteiger partial charge in [-0.05, 0) is 36.9 Å². The lowest BCUT2D eigenvalue weighted by Gasteiger charge is -2.14. The number of rotatable bonds is 9. The molecule has 0 saturated carbocycles. The maximum Gasteiger partial charge on any atom is 0.156 e. The summed E-state index contributed by atoms with van der Waals surface area (Å²) in [7, 11) is 5.01. The van der Waals surface area contributed by atoms with Crippen molar-refractivity contribution in [3.05, 3.63) is 58.9 Å². The Morgan fingerprint density at radius 1 is 1.18 bits per heavy atom. The zero-order chi connectivity index (χ0) is 24.8. The van der Waals surface area contributed by atoms with Gasteiger partial charge in [0.25, 0.3) is 0 Å². The molecule has 0 aliphatic rings. The van der Waals surface area contributed by atoms with Crippen LogP contribution in [0.4, 0.5) is 5.69 Å². The van der Waals surface area contributed by atoms with E-state index in [1.54, 1.807) is 27.3 Å². The van der Waals surface area contributed by atoms with Crippen LogP contribution < -0.4 is 11.1 Å². The van der Waals surface area contributed by atoms with E-state index in [9.17, 15) is 4.79 Å². The number of benzene rings is 2. The van der Waals surface area contributed by atoms with Gasteiger partial charge in [-0.2, -0.15) is 0 Å². The Bertz CT molecular complexity index is 988. The Kier molecular flexibility index (Phi) is 13.7. The molecule has 0 fully saturated rings. The van der Waals surface area contributed by atoms with Gasteiger partial charge >= 0.3 is 0 Å². The molecule has 0 aliphatic carbocycles. The molecule has 184 valence electrons. The van der Waals surface area contributed by atoms with E-state index in [1.165, 1.54) is 6.38 Å². The number of fused-ring (bicyclic) bond motifs is 1. The van der Waals surface area contributed by atoms with Crippen molar-refractivity contribution in [2.75, 3.05) is 46.6 Å². The van der Waals surface area contributed by atoms with Crippen molar-refractivity contribution in [3.8, 4) is 0 Å². The van der Waals surface area contributed by atoms with Crippen molar-refractivity contribution in [2.45, 2.75) is 25.3 Å². The number of aromatic amines is 1. The van der Waals surface area contributed by atoms with E-state index in [0.717, 1.165) is 27.4 Å². The third-order valence-corrected chi connectivity index (χ3v) is 5.07. The number of hydrogen-bond donors (Lipinski definition) is 3. The molecule has 4 N–H and O–H groups in total. The molecule has 1 aromatic heterocycles. The number of nitrogens with two attached hydrogens (primary N) is 1. The van der Waals surface area contributed by atoms with Gasteiger partial charge in [-0.1, -0.05) is 36.7 Å². The van der Waals surface area contributed by atoms with Crippen molar-refractivity contribution in [3.63, 3.8) is 0 Å². The second-order valence-electron chi connectivity index (χ2n) is 7.28. The number of para-hydroxylation sites is 1. The smallest absolute Gasteiger partial charge is 0.156 e. The van der Waals surface area contributed by atoms with E-state index in [-0.39, 0.29) is 19.2 Å². The van der Waals surface area contributed by atoms with Gasteiger partial charge in [0, 0.05) is 45.1 Å². The molecule has 3 aromatic rings. The Labute approximate surface area is 207 Å². The zero-order valence-electron chi connectivity index (χ0n) is 19.8. The number of Topliss-reactive ketones (excluding diaryl/α,β-unsaturated/α-hetero) is 1. The van der Waals surface area contributed by atoms with E-state index in [2.05, 4.69) is 33.8 Å². The molecule has 0 amide bonds. The number of alkyl halides is 1. The van der Waals surface area contributed by atoms with E-state index < -0.39 is 0 Å². The molecule has 3 rings (SSSR count). The summed E-state index contributed by atoms with van der Waals surface area (Å²) in [5.41, 5.74) is 9.22. The van der Waals surface area contributed by atoms with E-state index in [1.807, 2.05) is 36.4 Å². The molecule has 0 aliphatic heterocycles. The monoisotopic (exact) mass is 498 g/mol. The molecular formula is C24H36Cl2N4O3. The van der Waals surface area contributed by atoms with Gasteiger partial charge in [0.2, 0.25) is 0 Å². The second kappa shape index (κ2) is 15.6. The molecule has 1 heterocycles. The highest BCUT2D eigenvalue weighted by Crippen LogP contribution is 2.20. The number of nitrogens with zero attached hydrogens (tertiary/aromatic N) is 1. The number of ether oxygens (including phenoxy) is 2. The first kappa shape index (κ1) is 28.9. The largest absolute Gasteiger partial charge is 0.398 e. The minimum Gasteiger partial charge on any atom is -0.398 e. The third kappa shape index (κ3) is 9.31. The van der Waals surface area contributed by atoms with Gasteiger partial charge < -0.3 is 25.5 Å². The first-order chi connectivity index (χ1) is 15.9. The number of methoxy groups -OCH3 is 2. The molecule has 33 heavy (non-hydrogen) atoms. The summed E-state index contributed by atoms with van der Waals surface area (Å²) in [5.74, 6) is 1.29. The van der Waals surface area contributed by atoms with Crippen LogP contribution >= 0.6 is 23.2 Å². The predicted octanol–water partition coefficient (Wildman–Crippen LogP) is 4.68. The van der Waals surface area contributed by atoms with Crippen molar-refractivity contribution in [1.29, 1.82) is 0 Å². The molecule has 0 radical (unpaired) electrons. The fourth-order valence-corrected chi connectivity index (χ4v) is 3.25. The fraction of sp³-hybridized carbons (Fsp3) is 0.417. The number of carbonyl (C=O) groups excluding carboxylic acids is 1. The molecule has 0 unspecified atom stereocenters. The van der Waals surface area contributed by atoms with E-state index in [0.29, 0.717) is 25.3 Å². The molecule has 2 atom stereocenters. The minimum absolute atomic E-state index is 0. The van der Waals surface area contributed by atoms with Crippen molar-refractivity contribution in [2.24, 2.45) is 0 Å². The van der Waals surface area contributed by atoms with Gasteiger partial charge in [0.15, 0.2) is 5.78 Å². The normalized spacial score (nSPS) is 12.2. The lowest BCUT2D eigenvalue weighted by Crippen LogP contribution is -2.39. The van der Waals surface area contributed by atoms with E-state index in [4.69, 9.17) is 26.8 Å². The summed E-state index contributed by atoms with van der Waals surface area (Å²) < 4.78 is 10.1. The quantitative estimate of drug-likeness (QED) is 0.292. The highest BCUT2D eigenvalue weighted by molar-refractivity contribution is 6.31. The number of anilines is 1. The standard InChI is InChI=1S/C12H18N2O2.C11H13ClN2O.CH3Cl.H2/c1-14-11(8-16-2)12(15)7-9-5-3-4-6-10(9)13;1-7(6-15-2)11-13-9-4-3-8(12)5-10(9)14-11;1-2;/h3-6,11,14H,7-8,13H2,1-2H3;3-5,7H,6H2,1-2H3,(H,13,14);1H3;1H/t11-;7-;;/m00../s1. The number of carbonyl (C=O) groups is 1. The number of aromatic nitrogens is 2. The summed E-state index contributed by atoms with van der Waals surface area (Å²) in [6.07, 6.45) is 1.81. The first-order valence-corrected chi connectivity index (χ1v) is 11.6. The van der Waals surface area contributed by atoms with Gasteiger partial charge in [0.1, 0.15) is 5.82 Å². The van der Waals surface area contributed by atoms with Crippen LogP contribution in [0.3, 0.4) is 0 Å². The lowest BCUT2D eigenvalue weighted by molar-refractivity contribution is -0.121. The Morgan fingerprint density at radius 2 is 1.85 bits per heavy atom. The molecular weight excluding hydrogens is 463 g/mol. The van der Waals surface area contributed by atoms with Gasteiger partial charge in [0.05, 0.1) is 30.3 Å². The van der Waals surface area contributed by atoms with Crippen LogP contribution in [0.1, 0.15) is 25.7 Å². The van der Waals surface area contributed by atoms with Crippen LogP contribution in [0.15, 0.2) is 42.5 Å². The number of halogens is 2. The number of hydrogen-bond acceptors (Lipinski definition) is 6. The fourth-order valence-electron chi connectivity index (χ4n) is 3.07. The summed E-state index contributed by atoms with van der Waals surface area (Å²) in [5, 5.41) is 3.65. The lowest BCUT2D eigenvalue weighted by atomic mass is 10.0. The molecule has 7 nitrogen and oxygen atoms in total. The number of nitrogen functional groups attached to an aromatic ring is 1. The van der Waals surface area contributed by atoms with Crippen LogP contribution in [-0.2, 0) is 20.7 Å². The van der Waals surface area contributed by atoms with Crippen LogP contribution in [0, 0.1) is 0 Å². The Hall–Kier alpha value is -2.16. The number of imidazole rings is 1. The average Bonchev–Trinajstić information content (AvgIpc) is 3.24. The molecule has 9 heteroatoms. The van der Waals surface area contributed by atoms with Crippen molar-refractivity contribution >= 4 is 45.7 Å². The molecule has 0 bridgehead atoms. The van der Waals surface area contributed by atoms with Crippen LogP contribution in [0.2, 0.25) is 5.02 Å². The second-order valence-corrected chi connectivity index (χ2v) is 7.71. The molecule has 2 aromatic carbocycles. The van der Waals surface area contributed by atoms with Gasteiger partial charge in [-0.25, -0.2) is 4.98 Å². The summed E-state index contributed by atoms with van der Waals surface area (Å²) in [6.45, 7) is 3.11. The number of nitrogens with one attached hydrogen (secondary N) is 2. The first-order valence-electron chi connectivity index (χ1n) is 10.4. The molecule has 0 saturated heterocycles. The SMILES string of the molecule is CCl.CN[C@@H](COC)C(=O)Cc1ccccc1N.COC[C@H](C)c1nc2ccc(Cl)cc2[nH]1.[HH]. The zero-order valence-corrected chi connectivity index (χ0v) is 21.3. The highest BCUT2D eigenvalue weighted by atomic mass is 35.5. The summed E-state index contributed by atoms with van der Waals surface area (Å²) in [6, 6.07) is 12.8. The maximum atomic E-state index is 11.9. The molecule has 0 spiro atoms. The Balaban J connectivity index is 0.000000582. The summed E-state index contributed by atoms with van der Waals surface area (Å²) in [4.78, 5) is 19.6. The van der Waals surface area contributed by atoms with Gasteiger partial charge in [-0.15, -0.1) is 11.6 Å². The average molecular weight is 499 g/mol. The van der Waals surface area contributed by atoms with Crippen molar-refractivity contribution in [1.82, 2.24) is 15.3 Å². The maximum absolute atomic E-state index is 11.9. The summed E-state index contributed by atoms with van der Waals surface area (Å²) >= 11 is 10.5. The predicted molar refractivity (Wildman–Crippen MR) is 140 cm³/mol. The number of H-pyrrole nitrogens is 1. The van der Waals surface area contributed by atoms with Crippen molar-refractivity contribution < 1.29 is 15.7 Å². The Morgan fingerprint density at radius 3 is 2.45 bits per heavy atom. The minimum atomic E-state index is -0.274. The van der Waals surface area contributed by atoms with Gasteiger partial charge in [-0.3, -0.25) is 4.79 Å². The third-order valence-electron chi connectivity index (χ3n) is 4.84. The van der Waals surface area contributed by atoms with E-state index >= 15 is 0 Å². The van der Waals surface area contributed by atoms with Crippen LogP contribution in [-0.4, -0.2) is 62.7 Å².